The molecular formula is C47H30N4. The van der Waals surface area contributed by atoms with Gasteiger partial charge >= 0.3 is 0 Å². The molecule has 10 aromatic rings. The molecule has 0 saturated carbocycles. The zero-order chi connectivity index (χ0) is 33.5. The molecule has 238 valence electrons. The van der Waals surface area contributed by atoms with Gasteiger partial charge in [0.2, 0.25) is 5.95 Å². The van der Waals surface area contributed by atoms with Crippen LogP contribution in [0.1, 0.15) is 11.1 Å². The van der Waals surface area contributed by atoms with E-state index in [4.69, 9.17) is 9.97 Å². The predicted octanol–water partition coefficient (Wildman–Crippen LogP) is 11.6. The summed E-state index contributed by atoms with van der Waals surface area (Å²) < 4.78 is 4.49. The van der Waals surface area contributed by atoms with Crippen molar-refractivity contribution in [2.24, 2.45) is 0 Å². The second-order valence-electron chi connectivity index (χ2n) is 13.4. The van der Waals surface area contributed by atoms with Crippen LogP contribution in [0, 0.1) is 0 Å². The average Bonchev–Trinajstić information content (AvgIpc) is 3.86. The lowest BCUT2D eigenvalue weighted by atomic mass is 9.95. The summed E-state index contributed by atoms with van der Waals surface area (Å²) in [5, 5.41) is 4.61. The Bertz CT molecular complexity index is 2990. The lowest BCUT2D eigenvalue weighted by Gasteiger charge is -2.14. The molecule has 0 aliphatic heterocycles. The number of rotatable bonds is 4. The third kappa shape index (κ3) is 4.14. The van der Waals surface area contributed by atoms with Gasteiger partial charge in [-0.3, -0.25) is 8.97 Å². The van der Waals surface area contributed by atoms with Crippen LogP contribution in [0.2, 0.25) is 0 Å². The van der Waals surface area contributed by atoms with Crippen LogP contribution in [0.5, 0.6) is 0 Å². The Morgan fingerprint density at radius 3 is 1.92 bits per heavy atom. The minimum Gasteiger partial charge on any atom is -0.278 e. The third-order valence-corrected chi connectivity index (χ3v) is 10.6. The minimum absolute atomic E-state index is 0.652. The molecule has 0 fully saturated rings. The van der Waals surface area contributed by atoms with Crippen molar-refractivity contribution < 1.29 is 0 Å². The first-order valence-corrected chi connectivity index (χ1v) is 17.5. The normalized spacial score (nSPS) is 12.2. The van der Waals surface area contributed by atoms with E-state index in [1.807, 2.05) is 0 Å². The van der Waals surface area contributed by atoms with Crippen LogP contribution < -0.4 is 0 Å². The van der Waals surface area contributed by atoms with Crippen LogP contribution in [-0.2, 0) is 6.42 Å². The van der Waals surface area contributed by atoms with Gasteiger partial charge in [0.25, 0.3) is 0 Å². The lowest BCUT2D eigenvalue weighted by molar-refractivity contribution is 0.952. The van der Waals surface area contributed by atoms with Gasteiger partial charge < -0.3 is 0 Å². The molecular weight excluding hydrogens is 621 g/mol. The Morgan fingerprint density at radius 1 is 0.431 bits per heavy atom. The molecule has 7 aromatic carbocycles. The highest BCUT2D eigenvalue weighted by atomic mass is 15.2. The van der Waals surface area contributed by atoms with E-state index in [-0.39, 0.29) is 0 Å². The highest BCUT2D eigenvalue weighted by molar-refractivity contribution is 6.11. The summed E-state index contributed by atoms with van der Waals surface area (Å²) in [7, 11) is 0. The first kappa shape index (κ1) is 28.1. The van der Waals surface area contributed by atoms with Gasteiger partial charge in [-0.2, -0.15) is 9.97 Å². The number of aromatic nitrogens is 4. The summed E-state index contributed by atoms with van der Waals surface area (Å²) in [5.74, 6) is 1.51. The molecule has 0 spiro atoms. The molecule has 3 aromatic heterocycles. The van der Waals surface area contributed by atoms with E-state index >= 15 is 0 Å². The van der Waals surface area contributed by atoms with Gasteiger partial charge in [0, 0.05) is 27.1 Å². The number of hydrogen-bond acceptors (Lipinski definition) is 2. The molecule has 0 unspecified atom stereocenters. The Balaban J connectivity index is 1.19. The summed E-state index contributed by atoms with van der Waals surface area (Å²) in [5.41, 5.74) is 14.3. The van der Waals surface area contributed by atoms with Crippen LogP contribution in [-0.4, -0.2) is 18.9 Å². The van der Waals surface area contributed by atoms with Gasteiger partial charge in [-0.15, -0.1) is 0 Å². The molecule has 0 amide bonds. The first-order chi connectivity index (χ1) is 25.3. The van der Waals surface area contributed by atoms with Crippen LogP contribution >= 0.6 is 0 Å². The van der Waals surface area contributed by atoms with Crippen molar-refractivity contribution in [1.82, 2.24) is 18.9 Å². The Kier molecular flexibility index (Phi) is 5.98. The van der Waals surface area contributed by atoms with Crippen LogP contribution in [0.3, 0.4) is 0 Å². The van der Waals surface area contributed by atoms with Crippen molar-refractivity contribution in [3.8, 4) is 50.8 Å². The predicted molar refractivity (Wildman–Crippen MR) is 209 cm³/mol. The lowest BCUT2D eigenvalue weighted by Crippen LogP contribution is -2.07. The van der Waals surface area contributed by atoms with Crippen molar-refractivity contribution in [3.05, 3.63) is 181 Å². The van der Waals surface area contributed by atoms with Crippen molar-refractivity contribution in [2.75, 3.05) is 0 Å². The van der Waals surface area contributed by atoms with Crippen molar-refractivity contribution in [2.45, 2.75) is 6.42 Å². The molecule has 0 bridgehead atoms. The van der Waals surface area contributed by atoms with E-state index in [2.05, 4.69) is 179 Å². The standard InChI is InChI=1S/C47H30N4/c1-3-14-30(15-4-1)44-38-21-9-10-22-39(38)46-49-47(48-45(51(44)46)31-16-5-2-6-17-31)50-42-25-12-11-20-37(42)41-29-33(26-27-43(41)50)35-23-13-24-36-34-19-8-7-18-32(34)28-40(35)36/h1-27,29H,28H2. The van der Waals surface area contributed by atoms with Crippen molar-refractivity contribution >= 4 is 38.2 Å². The maximum atomic E-state index is 5.46. The molecule has 4 heteroatoms. The number of fused-ring (bicyclic) bond motifs is 9. The Labute approximate surface area is 294 Å². The maximum Gasteiger partial charge on any atom is 0.238 e. The molecule has 0 saturated heterocycles. The largest absolute Gasteiger partial charge is 0.278 e. The fourth-order valence-electron chi connectivity index (χ4n) is 8.36. The highest BCUT2D eigenvalue weighted by Crippen LogP contribution is 2.43. The van der Waals surface area contributed by atoms with Crippen molar-refractivity contribution in [1.29, 1.82) is 0 Å². The van der Waals surface area contributed by atoms with E-state index in [0.717, 1.165) is 56.5 Å². The van der Waals surface area contributed by atoms with E-state index < -0.39 is 0 Å². The number of hydrogen-bond donors (Lipinski definition) is 0. The molecule has 3 heterocycles. The quantitative estimate of drug-likeness (QED) is 0.190. The van der Waals surface area contributed by atoms with Crippen LogP contribution in [0.15, 0.2) is 170 Å². The van der Waals surface area contributed by atoms with E-state index in [1.165, 1.54) is 44.2 Å². The fourth-order valence-corrected chi connectivity index (χ4v) is 8.36. The first-order valence-electron chi connectivity index (χ1n) is 17.5. The monoisotopic (exact) mass is 650 g/mol. The molecule has 51 heavy (non-hydrogen) atoms. The van der Waals surface area contributed by atoms with Crippen LogP contribution in [0.4, 0.5) is 0 Å². The number of benzene rings is 7. The van der Waals surface area contributed by atoms with Crippen molar-refractivity contribution in [3.63, 3.8) is 0 Å². The second kappa shape index (κ2) is 10.9. The number of nitrogens with zero attached hydrogens (tertiary/aromatic N) is 4. The molecule has 11 rings (SSSR count). The van der Waals surface area contributed by atoms with Gasteiger partial charge in [0.05, 0.1) is 16.7 Å². The van der Waals surface area contributed by atoms with E-state index in [1.54, 1.807) is 0 Å². The molecule has 4 nitrogen and oxygen atoms in total. The van der Waals surface area contributed by atoms with E-state index in [9.17, 15) is 0 Å². The topological polar surface area (TPSA) is 35.1 Å². The minimum atomic E-state index is 0.652. The molecule has 1 aliphatic rings. The van der Waals surface area contributed by atoms with Crippen LogP contribution in [0.25, 0.3) is 89.1 Å². The van der Waals surface area contributed by atoms with E-state index in [0.29, 0.717) is 5.95 Å². The summed E-state index contributed by atoms with van der Waals surface area (Å²) >= 11 is 0. The Morgan fingerprint density at radius 2 is 1.08 bits per heavy atom. The van der Waals surface area contributed by atoms with Gasteiger partial charge in [-0.1, -0.05) is 152 Å². The summed E-state index contributed by atoms with van der Waals surface area (Å²) in [6.45, 7) is 0. The van der Waals surface area contributed by atoms with Gasteiger partial charge in [-0.25, -0.2) is 0 Å². The fraction of sp³-hybridized carbons (Fsp3) is 0.0213. The summed E-state index contributed by atoms with van der Waals surface area (Å²) in [6, 6.07) is 60.7. The van der Waals surface area contributed by atoms with Gasteiger partial charge in [0.1, 0.15) is 5.82 Å². The van der Waals surface area contributed by atoms with Gasteiger partial charge in [0.15, 0.2) is 5.65 Å². The maximum absolute atomic E-state index is 5.46. The summed E-state index contributed by atoms with van der Waals surface area (Å²) in [4.78, 5) is 10.9. The zero-order valence-electron chi connectivity index (χ0n) is 27.7. The summed E-state index contributed by atoms with van der Waals surface area (Å²) in [6.07, 6.45) is 0.952. The smallest absolute Gasteiger partial charge is 0.238 e. The molecule has 0 atom stereocenters. The SMILES string of the molecule is c1ccc(-c2nc(-n3c4ccccc4c4cc(-c5cccc6c5Cc5ccccc5-6)ccc43)nc3c4ccccc4c(-c4ccccc4)n23)cc1. The molecule has 0 N–H and O–H groups in total. The number of para-hydroxylation sites is 1. The Hall–Kier alpha value is -6.78. The third-order valence-electron chi connectivity index (χ3n) is 10.6. The molecule has 1 aliphatic carbocycles. The molecule has 0 radical (unpaired) electrons. The average molecular weight is 651 g/mol. The highest BCUT2D eigenvalue weighted by Gasteiger charge is 2.24. The second-order valence-corrected chi connectivity index (χ2v) is 13.4. The van der Waals surface area contributed by atoms with Gasteiger partial charge in [-0.05, 0) is 63.6 Å². The zero-order valence-corrected chi connectivity index (χ0v) is 27.7.